The van der Waals surface area contributed by atoms with Gasteiger partial charge in [-0.2, -0.15) is 5.26 Å². The lowest BCUT2D eigenvalue weighted by Gasteiger charge is -2.27. The van der Waals surface area contributed by atoms with E-state index in [1.54, 1.807) is 48.2 Å². The van der Waals surface area contributed by atoms with Gasteiger partial charge in [-0.3, -0.25) is 9.59 Å². The van der Waals surface area contributed by atoms with Gasteiger partial charge in [0, 0.05) is 13.1 Å². The molecule has 1 unspecified atom stereocenters. The first kappa shape index (κ1) is 27.7. The highest BCUT2D eigenvalue weighted by molar-refractivity contribution is 5.90. The van der Waals surface area contributed by atoms with Crippen LogP contribution in [0.5, 0.6) is 5.75 Å². The summed E-state index contributed by atoms with van der Waals surface area (Å²) in [5.74, 6) is -0.386. The molecule has 3 atom stereocenters. The number of nitrogens with two attached hydrogens (primary N) is 1. The maximum absolute atomic E-state index is 13.1. The molecule has 9 nitrogen and oxygen atoms in total. The van der Waals surface area contributed by atoms with E-state index in [1.807, 2.05) is 19.1 Å². The quantitative estimate of drug-likeness (QED) is 0.447. The third-order valence-corrected chi connectivity index (χ3v) is 6.32. The summed E-state index contributed by atoms with van der Waals surface area (Å²) in [6.07, 6.45) is 1.34. The van der Waals surface area contributed by atoms with Gasteiger partial charge >= 0.3 is 5.97 Å². The van der Waals surface area contributed by atoms with Crippen LogP contribution >= 0.6 is 0 Å². The summed E-state index contributed by atoms with van der Waals surface area (Å²) >= 11 is 0. The van der Waals surface area contributed by atoms with Gasteiger partial charge in [0.25, 0.3) is 0 Å². The van der Waals surface area contributed by atoms with Crippen LogP contribution in [0.1, 0.15) is 49.8 Å². The molecule has 37 heavy (non-hydrogen) atoms. The number of benzene rings is 2. The molecule has 0 bridgehead atoms. The molecule has 0 aliphatic carbocycles. The number of hydrogen-bond donors (Lipinski definition) is 2. The van der Waals surface area contributed by atoms with Crippen LogP contribution in [0.4, 0.5) is 0 Å². The van der Waals surface area contributed by atoms with Crippen molar-refractivity contribution >= 4 is 17.8 Å². The summed E-state index contributed by atoms with van der Waals surface area (Å²) in [7, 11) is 0. The highest BCUT2D eigenvalue weighted by Gasteiger charge is 2.36. The second-order valence-electron chi connectivity index (χ2n) is 8.90. The van der Waals surface area contributed by atoms with Gasteiger partial charge in [0.1, 0.15) is 11.8 Å². The normalized spacial score (nSPS) is 16.4. The first-order chi connectivity index (χ1) is 17.9. The topological polar surface area (TPSA) is 135 Å². The Balaban J connectivity index is 1.54. The van der Waals surface area contributed by atoms with Crippen LogP contribution in [0.25, 0.3) is 0 Å². The fourth-order valence-corrected chi connectivity index (χ4v) is 4.34. The van der Waals surface area contributed by atoms with Crippen LogP contribution in [-0.2, 0) is 32.1 Å². The Labute approximate surface area is 217 Å². The van der Waals surface area contributed by atoms with Crippen molar-refractivity contribution in [3.63, 3.8) is 0 Å². The zero-order chi connectivity index (χ0) is 26.8. The number of esters is 1. The van der Waals surface area contributed by atoms with Crippen molar-refractivity contribution in [1.82, 2.24) is 10.2 Å². The zero-order valence-corrected chi connectivity index (χ0v) is 21.3. The van der Waals surface area contributed by atoms with Gasteiger partial charge in [0.05, 0.1) is 24.3 Å². The average molecular weight is 507 g/mol. The van der Waals surface area contributed by atoms with Gasteiger partial charge in [0.2, 0.25) is 11.8 Å². The lowest BCUT2D eigenvalue weighted by Crippen LogP contribution is -2.51. The fraction of sp³-hybridized carbons (Fsp3) is 0.429. The molecule has 9 heteroatoms. The van der Waals surface area contributed by atoms with Crippen LogP contribution in [0.2, 0.25) is 0 Å². The Kier molecular flexibility index (Phi) is 10.0. The maximum Gasteiger partial charge on any atom is 0.347 e. The number of amides is 2. The molecule has 2 amide bonds. The third-order valence-electron chi connectivity index (χ3n) is 6.32. The molecule has 0 aromatic heterocycles. The summed E-state index contributed by atoms with van der Waals surface area (Å²) in [5.41, 5.74) is 8.26. The van der Waals surface area contributed by atoms with E-state index in [-0.39, 0.29) is 24.8 Å². The van der Waals surface area contributed by atoms with Crippen LogP contribution in [0.3, 0.4) is 0 Å². The molecule has 1 aliphatic heterocycles. The number of nitriles is 1. The summed E-state index contributed by atoms with van der Waals surface area (Å²) < 4.78 is 10.7. The lowest BCUT2D eigenvalue weighted by molar-refractivity contribution is -0.151. The van der Waals surface area contributed by atoms with Crippen molar-refractivity contribution in [2.24, 2.45) is 5.73 Å². The van der Waals surface area contributed by atoms with Crippen LogP contribution < -0.4 is 15.8 Å². The third kappa shape index (κ3) is 7.30. The number of nitrogens with one attached hydrogen (secondary N) is 1. The number of rotatable bonds is 11. The predicted molar refractivity (Wildman–Crippen MR) is 137 cm³/mol. The van der Waals surface area contributed by atoms with Gasteiger partial charge in [0.15, 0.2) is 6.10 Å². The molecule has 1 fully saturated rings. The molecule has 2 aromatic carbocycles. The van der Waals surface area contributed by atoms with E-state index in [9.17, 15) is 19.6 Å². The highest BCUT2D eigenvalue weighted by atomic mass is 16.6. The summed E-state index contributed by atoms with van der Waals surface area (Å²) in [5, 5.41) is 12.2. The number of likely N-dealkylation sites (tertiary alicyclic amines) is 1. The van der Waals surface area contributed by atoms with E-state index in [0.717, 1.165) is 12.0 Å². The van der Waals surface area contributed by atoms with E-state index in [2.05, 4.69) is 11.4 Å². The molecular weight excluding hydrogens is 472 g/mol. The van der Waals surface area contributed by atoms with Gasteiger partial charge in [-0.15, -0.1) is 0 Å². The summed E-state index contributed by atoms with van der Waals surface area (Å²) in [6, 6.07) is 14.9. The predicted octanol–water partition coefficient (Wildman–Crippen LogP) is 2.46. The van der Waals surface area contributed by atoms with E-state index in [1.165, 1.54) is 0 Å². The Bertz CT molecular complexity index is 1130. The zero-order valence-electron chi connectivity index (χ0n) is 21.3. The SMILES string of the molecule is CCOC(=O)C(CC)Oc1ccc(CNC(=O)[C@@H]2CCCN2C(=O)[C@@H](N)Cc2ccccc2C#N)cc1. The van der Waals surface area contributed by atoms with Gasteiger partial charge in [-0.05, 0) is 61.9 Å². The standard InChI is InChI=1S/C28H34N4O5/c1-3-25(28(35)36-4-2)37-22-13-11-19(12-14-22)18-31-26(33)24-10-7-15-32(24)27(34)23(30)16-20-8-5-6-9-21(20)17-29/h5-6,8-9,11-14,23-25H,3-4,7,10,15-16,18,30H2,1-2H3,(H,31,33)/t23-,24-,25?/m0/s1. The van der Waals surface area contributed by atoms with Crippen molar-refractivity contribution in [1.29, 1.82) is 5.26 Å². The molecule has 1 heterocycles. The number of nitrogens with zero attached hydrogens (tertiary/aromatic N) is 2. The smallest absolute Gasteiger partial charge is 0.347 e. The van der Waals surface area contributed by atoms with Crippen molar-refractivity contribution in [3.05, 3.63) is 65.2 Å². The summed E-state index contributed by atoms with van der Waals surface area (Å²) in [6.45, 7) is 4.64. The molecule has 0 spiro atoms. The van der Waals surface area contributed by atoms with Crippen LogP contribution in [-0.4, -0.2) is 54.0 Å². The van der Waals surface area contributed by atoms with Crippen molar-refractivity contribution in [2.75, 3.05) is 13.2 Å². The van der Waals surface area contributed by atoms with Crippen LogP contribution in [0.15, 0.2) is 48.5 Å². The Hall–Kier alpha value is -3.90. The van der Waals surface area contributed by atoms with Gasteiger partial charge in [-0.25, -0.2) is 4.79 Å². The monoisotopic (exact) mass is 506 g/mol. The number of hydrogen-bond acceptors (Lipinski definition) is 7. The minimum atomic E-state index is -0.836. The van der Waals surface area contributed by atoms with Crippen molar-refractivity contribution < 1.29 is 23.9 Å². The largest absolute Gasteiger partial charge is 0.479 e. The molecule has 1 saturated heterocycles. The van der Waals surface area contributed by atoms with Crippen molar-refractivity contribution in [3.8, 4) is 11.8 Å². The molecule has 0 saturated carbocycles. The molecule has 1 aliphatic rings. The van der Waals surface area contributed by atoms with Crippen LogP contribution in [0, 0.1) is 11.3 Å². The second kappa shape index (κ2) is 13.4. The molecule has 3 N–H and O–H groups in total. The molecule has 2 aromatic rings. The number of carbonyl (C=O) groups excluding carboxylic acids is 3. The number of ether oxygens (including phenoxy) is 2. The Morgan fingerprint density at radius 3 is 2.57 bits per heavy atom. The number of carbonyl (C=O) groups is 3. The first-order valence-corrected chi connectivity index (χ1v) is 12.6. The minimum absolute atomic E-state index is 0.232. The van der Waals surface area contributed by atoms with Gasteiger partial charge < -0.3 is 25.4 Å². The lowest BCUT2D eigenvalue weighted by atomic mass is 10.0. The maximum atomic E-state index is 13.1. The van der Waals surface area contributed by atoms with Gasteiger partial charge in [-0.1, -0.05) is 37.3 Å². The Morgan fingerprint density at radius 2 is 1.89 bits per heavy atom. The van der Waals surface area contributed by atoms with Crippen molar-refractivity contribution in [2.45, 2.75) is 64.3 Å². The average Bonchev–Trinajstić information content (AvgIpc) is 3.41. The molecule has 3 rings (SSSR count). The first-order valence-electron chi connectivity index (χ1n) is 12.6. The minimum Gasteiger partial charge on any atom is -0.479 e. The van der Waals surface area contributed by atoms with E-state index < -0.39 is 24.2 Å². The molecule has 196 valence electrons. The van der Waals surface area contributed by atoms with E-state index in [4.69, 9.17) is 15.2 Å². The molecule has 0 radical (unpaired) electrons. The highest BCUT2D eigenvalue weighted by Crippen LogP contribution is 2.21. The summed E-state index contributed by atoms with van der Waals surface area (Å²) in [4.78, 5) is 39.5. The second-order valence-corrected chi connectivity index (χ2v) is 8.90. The fourth-order valence-electron chi connectivity index (χ4n) is 4.34. The molecular formula is C28H34N4O5. The van der Waals surface area contributed by atoms with E-state index >= 15 is 0 Å². The van der Waals surface area contributed by atoms with E-state index in [0.29, 0.717) is 42.9 Å². The Morgan fingerprint density at radius 1 is 1.16 bits per heavy atom.